The van der Waals surface area contributed by atoms with Gasteiger partial charge >= 0.3 is 5.97 Å². The lowest BCUT2D eigenvalue weighted by atomic mass is 10.1. The molecular formula is C14H11N3O2. The number of aryl methyl sites for hydroxylation is 1. The van der Waals surface area contributed by atoms with Crippen LogP contribution in [0, 0.1) is 6.92 Å². The van der Waals surface area contributed by atoms with Crippen molar-refractivity contribution in [2.45, 2.75) is 6.92 Å². The first kappa shape index (κ1) is 11.4. The molecule has 94 valence electrons. The van der Waals surface area contributed by atoms with Crippen LogP contribution in [-0.2, 0) is 0 Å². The third-order valence-electron chi connectivity index (χ3n) is 2.87. The summed E-state index contributed by atoms with van der Waals surface area (Å²) in [5.74, 6) is -1.01. The summed E-state index contributed by atoms with van der Waals surface area (Å²) in [7, 11) is 0. The summed E-state index contributed by atoms with van der Waals surface area (Å²) in [4.78, 5) is 15.0. The Morgan fingerprint density at radius 2 is 2.16 bits per heavy atom. The Hall–Kier alpha value is -2.69. The lowest BCUT2D eigenvalue weighted by Gasteiger charge is -1.97. The van der Waals surface area contributed by atoms with Crippen molar-refractivity contribution in [1.29, 1.82) is 0 Å². The first-order chi connectivity index (χ1) is 9.13. The minimum atomic E-state index is -1.01. The molecule has 0 amide bonds. The fourth-order valence-electron chi connectivity index (χ4n) is 1.93. The molecule has 2 aromatic heterocycles. The highest BCUT2D eigenvalue weighted by Gasteiger charge is 2.09. The Morgan fingerprint density at radius 1 is 1.32 bits per heavy atom. The summed E-state index contributed by atoms with van der Waals surface area (Å²) in [6.45, 7) is 2.01. The molecule has 1 N–H and O–H groups in total. The minimum absolute atomic E-state index is 0.117. The SMILES string of the molecule is Cc1cccc(-c2cc3ncc(C(=O)O)cn3n2)c1. The van der Waals surface area contributed by atoms with Gasteiger partial charge in [0, 0.05) is 24.0 Å². The number of hydrogen-bond acceptors (Lipinski definition) is 3. The predicted octanol–water partition coefficient (Wildman–Crippen LogP) is 2.40. The van der Waals surface area contributed by atoms with Crippen molar-refractivity contribution in [3.05, 3.63) is 53.9 Å². The van der Waals surface area contributed by atoms with Gasteiger partial charge in [0.25, 0.3) is 0 Å². The third-order valence-corrected chi connectivity index (χ3v) is 2.87. The van der Waals surface area contributed by atoms with Crippen LogP contribution in [0.4, 0.5) is 0 Å². The van der Waals surface area contributed by atoms with Crippen LogP contribution in [0.25, 0.3) is 16.9 Å². The topological polar surface area (TPSA) is 67.5 Å². The van der Waals surface area contributed by atoms with Crippen LogP contribution < -0.4 is 0 Å². The Balaban J connectivity index is 2.14. The molecule has 3 rings (SSSR count). The number of carbonyl (C=O) groups is 1. The van der Waals surface area contributed by atoms with Crippen molar-refractivity contribution < 1.29 is 9.90 Å². The lowest BCUT2D eigenvalue weighted by Crippen LogP contribution is -2.00. The lowest BCUT2D eigenvalue weighted by molar-refractivity contribution is 0.0695. The molecular weight excluding hydrogens is 242 g/mol. The number of fused-ring (bicyclic) bond motifs is 1. The number of rotatable bonds is 2. The van der Waals surface area contributed by atoms with Gasteiger partial charge in [-0.1, -0.05) is 23.8 Å². The summed E-state index contributed by atoms with van der Waals surface area (Å²) in [6, 6.07) is 9.80. The summed E-state index contributed by atoms with van der Waals surface area (Å²) in [5, 5.41) is 13.3. The van der Waals surface area contributed by atoms with E-state index in [-0.39, 0.29) is 5.56 Å². The number of nitrogens with zero attached hydrogens (tertiary/aromatic N) is 3. The van der Waals surface area contributed by atoms with Gasteiger partial charge in [0.1, 0.15) is 0 Å². The average molecular weight is 253 g/mol. The van der Waals surface area contributed by atoms with Gasteiger partial charge in [-0.05, 0) is 13.0 Å². The van der Waals surface area contributed by atoms with Gasteiger partial charge in [0.05, 0.1) is 11.3 Å². The highest BCUT2D eigenvalue weighted by Crippen LogP contribution is 2.20. The van der Waals surface area contributed by atoms with Crippen LogP contribution in [0.1, 0.15) is 15.9 Å². The van der Waals surface area contributed by atoms with Gasteiger partial charge < -0.3 is 5.11 Å². The summed E-state index contributed by atoms with van der Waals surface area (Å²) >= 11 is 0. The molecule has 0 fully saturated rings. The molecule has 1 aromatic carbocycles. The van der Waals surface area contributed by atoms with Crippen LogP contribution in [0.2, 0.25) is 0 Å². The van der Waals surface area contributed by atoms with E-state index in [9.17, 15) is 4.79 Å². The van der Waals surface area contributed by atoms with E-state index in [1.54, 1.807) is 0 Å². The van der Waals surface area contributed by atoms with Crippen molar-refractivity contribution >= 4 is 11.6 Å². The van der Waals surface area contributed by atoms with Crippen molar-refractivity contribution in [1.82, 2.24) is 14.6 Å². The highest BCUT2D eigenvalue weighted by atomic mass is 16.4. The average Bonchev–Trinajstić information content (AvgIpc) is 2.81. The molecule has 0 spiro atoms. The van der Waals surface area contributed by atoms with E-state index in [4.69, 9.17) is 5.11 Å². The molecule has 3 aromatic rings. The van der Waals surface area contributed by atoms with E-state index in [0.29, 0.717) is 5.65 Å². The summed E-state index contributed by atoms with van der Waals surface area (Å²) in [6.07, 6.45) is 2.79. The van der Waals surface area contributed by atoms with Gasteiger partial charge in [-0.3, -0.25) is 0 Å². The van der Waals surface area contributed by atoms with Crippen LogP contribution in [0.15, 0.2) is 42.7 Å². The Bertz CT molecular complexity index is 777. The van der Waals surface area contributed by atoms with Crippen LogP contribution >= 0.6 is 0 Å². The normalized spacial score (nSPS) is 10.8. The second-order valence-electron chi connectivity index (χ2n) is 4.35. The number of benzene rings is 1. The minimum Gasteiger partial charge on any atom is -0.478 e. The molecule has 2 heterocycles. The third kappa shape index (κ3) is 2.06. The van der Waals surface area contributed by atoms with E-state index < -0.39 is 5.97 Å². The van der Waals surface area contributed by atoms with Gasteiger partial charge in [-0.2, -0.15) is 5.10 Å². The molecule has 0 aliphatic rings. The van der Waals surface area contributed by atoms with Gasteiger partial charge in [-0.15, -0.1) is 0 Å². The standard InChI is InChI=1S/C14H11N3O2/c1-9-3-2-4-10(5-9)12-6-13-15-7-11(14(18)19)8-17(13)16-12/h2-8H,1H3,(H,18,19). The van der Waals surface area contributed by atoms with Crippen molar-refractivity contribution in [3.8, 4) is 11.3 Å². The number of aromatic carboxylic acids is 1. The number of aromatic nitrogens is 3. The van der Waals surface area contributed by atoms with Crippen molar-refractivity contribution in [3.63, 3.8) is 0 Å². The number of hydrogen-bond donors (Lipinski definition) is 1. The van der Waals surface area contributed by atoms with Gasteiger partial charge in [0.2, 0.25) is 0 Å². The zero-order chi connectivity index (χ0) is 13.4. The van der Waals surface area contributed by atoms with Gasteiger partial charge in [-0.25, -0.2) is 14.3 Å². The monoisotopic (exact) mass is 253 g/mol. The number of carboxylic acids is 1. The quantitative estimate of drug-likeness (QED) is 0.761. The van der Waals surface area contributed by atoms with Crippen molar-refractivity contribution in [2.75, 3.05) is 0 Å². The second kappa shape index (κ2) is 4.20. The van der Waals surface area contributed by atoms with Crippen LogP contribution in [0.3, 0.4) is 0 Å². The van der Waals surface area contributed by atoms with E-state index in [1.807, 2.05) is 37.3 Å². The van der Waals surface area contributed by atoms with E-state index >= 15 is 0 Å². The van der Waals surface area contributed by atoms with Gasteiger partial charge in [0.15, 0.2) is 5.65 Å². The fraction of sp³-hybridized carbons (Fsp3) is 0.0714. The summed E-state index contributed by atoms with van der Waals surface area (Å²) < 4.78 is 1.49. The molecule has 0 unspecified atom stereocenters. The van der Waals surface area contributed by atoms with Crippen molar-refractivity contribution in [2.24, 2.45) is 0 Å². The highest BCUT2D eigenvalue weighted by molar-refractivity contribution is 5.87. The Kier molecular flexibility index (Phi) is 2.52. The molecule has 0 atom stereocenters. The molecule has 5 nitrogen and oxygen atoms in total. The van der Waals surface area contributed by atoms with E-state index in [2.05, 4.69) is 10.1 Å². The maximum Gasteiger partial charge on any atom is 0.338 e. The first-order valence-electron chi connectivity index (χ1n) is 5.79. The molecule has 19 heavy (non-hydrogen) atoms. The van der Waals surface area contributed by atoms with Crippen LogP contribution in [-0.4, -0.2) is 25.7 Å². The van der Waals surface area contributed by atoms with Crippen LogP contribution in [0.5, 0.6) is 0 Å². The fourth-order valence-corrected chi connectivity index (χ4v) is 1.93. The maximum absolute atomic E-state index is 10.9. The number of carboxylic acid groups (broad SMARTS) is 1. The molecule has 0 saturated carbocycles. The molecule has 0 saturated heterocycles. The zero-order valence-corrected chi connectivity index (χ0v) is 10.2. The molecule has 0 bridgehead atoms. The second-order valence-corrected chi connectivity index (χ2v) is 4.35. The first-order valence-corrected chi connectivity index (χ1v) is 5.79. The maximum atomic E-state index is 10.9. The zero-order valence-electron chi connectivity index (χ0n) is 10.2. The summed E-state index contributed by atoms with van der Waals surface area (Å²) in [5.41, 5.74) is 3.66. The molecule has 5 heteroatoms. The van der Waals surface area contributed by atoms with E-state index in [1.165, 1.54) is 16.9 Å². The molecule has 0 aliphatic carbocycles. The van der Waals surface area contributed by atoms with E-state index in [0.717, 1.165) is 16.8 Å². The molecule has 0 radical (unpaired) electrons. The largest absolute Gasteiger partial charge is 0.478 e. The predicted molar refractivity (Wildman–Crippen MR) is 70.1 cm³/mol. The molecule has 0 aliphatic heterocycles. The Morgan fingerprint density at radius 3 is 2.89 bits per heavy atom. The smallest absolute Gasteiger partial charge is 0.338 e. The Labute approximate surface area is 109 Å².